The van der Waals surface area contributed by atoms with Crippen molar-refractivity contribution in [2.75, 3.05) is 39.6 Å². The Labute approximate surface area is 223 Å². The first kappa shape index (κ1) is 43.0. The van der Waals surface area contributed by atoms with Gasteiger partial charge in [0, 0.05) is 0 Å². The van der Waals surface area contributed by atoms with E-state index in [0.29, 0.717) is 26.1 Å². The van der Waals surface area contributed by atoms with Crippen LogP contribution < -0.4 is 0 Å². The van der Waals surface area contributed by atoms with Crippen molar-refractivity contribution in [3.05, 3.63) is 10.8 Å². The normalized spacial score (nSPS) is 15.7. The lowest BCUT2D eigenvalue weighted by atomic mass is 10.4. The van der Waals surface area contributed by atoms with Crippen molar-refractivity contribution < 1.29 is 63.7 Å². The van der Waals surface area contributed by atoms with Crippen molar-refractivity contribution in [3.8, 4) is 0 Å². The summed E-state index contributed by atoms with van der Waals surface area (Å²) in [6.45, 7) is 11.1. The lowest BCUT2D eigenvalue weighted by molar-refractivity contribution is -0.0177. The Kier molecular flexibility index (Phi) is 33.3. The second-order valence-corrected chi connectivity index (χ2v) is 9.73. The predicted molar refractivity (Wildman–Crippen MR) is 135 cm³/mol. The van der Waals surface area contributed by atoms with Gasteiger partial charge in [0.1, 0.15) is 10.8 Å². The van der Waals surface area contributed by atoms with E-state index < -0.39 is 26.1 Å². The summed E-state index contributed by atoms with van der Waals surface area (Å²) in [5, 5.41) is 51.4. The lowest BCUT2D eigenvalue weighted by Crippen LogP contribution is -2.19. The molecule has 8 N–H and O–H groups in total. The first-order valence-electron chi connectivity index (χ1n) is 10.9. The Bertz CT molecular complexity index is 487. The van der Waals surface area contributed by atoms with Crippen LogP contribution in [0.5, 0.6) is 0 Å². The van der Waals surface area contributed by atoms with Gasteiger partial charge in [0.05, 0.1) is 76.3 Å². The number of aliphatic hydroxyl groups is 6. The van der Waals surface area contributed by atoms with Crippen LogP contribution in [0.3, 0.4) is 0 Å². The van der Waals surface area contributed by atoms with E-state index in [2.05, 4.69) is 4.52 Å². The van der Waals surface area contributed by atoms with E-state index in [9.17, 15) is 4.57 Å². The quantitative estimate of drug-likeness (QED) is 0.102. The molecule has 16 heteroatoms. The van der Waals surface area contributed by atoms with Crippen molar-refractivity contribution in [3.63, 3.8) is 0 Å². The highest BCUT2D eigenvalue weighted by Crippen LogP contribution is 2.36. The molecule has 6 unspecified atom stereocenters. The molecule has 222 valence electrons. The second kappa shape index (κ2) is 27.9. The molecule has 0 saturated heterocycles. The number of rotatable bonds is 14. The van der Waals surface area contributed by atoms with Gasteiger partial charge >= 0.3 is 7.82 Å². The van der Waals surface area contributed by atoms with Crippen LogP contribution in [0, 0.1) is 0 Å². The number of ether oxygens (including phenoxy) is 3. The van der Waals surface area contributed by atoms with Gasteiger partial charge in [-0.3, -0.25) is 9.79 Å². The third-order valence-corrected chi connectivity index (χ3v) is 3.47. The molecule has 0 aromatic heterocycles. The summed E-state index contributed by atoms with van der Waals surface area (Å²) >= 11 is 9.88. The average Bonchev–Trinajstić information content (AvgIpc) is 2.78. The minimum atomic E-state index is -4.46. The topological polar surface area (TPSA) is 216 Å². The molecular weight excluding hydrogens is 550 g/mol. The van der Waals surface area contributed by atoms with E-state index in [1.807, 2.05) is 0 Å². The average molecular weight is 595 g/mol. The summed E-state index contributed by atoms with van der Waals surface area (Å²) in [5.41, 5.74) is 0. The predicted octanol–water partition coefficient (Wildman–Crippen LogP) is 0.666. The number of phosphoric ester groups is 1. The van der Waals surface area contributed by atoms with E-state index in [1.165, 1.54) is 0 Å². The van der Waals surface area contributed by atoms with E-state index >= 15 is 0 Å². The van der Waals surface area contributed by atoms with Crippen molar-refractivity contribution in [1.82, 2.24) is 0 Å². The van der Waals surface area contributed by atoms with Crippen LogP contribution in [0.25, 0.3) is 0 Å². The van der Waals surface area contributed by atoms with Gasteiger partial charge in [-0.1, -0.05) is 23.2 Å². The highest BCUT2D eigenvalue weighted by atomic mass is 35.5. The fourth-order valence-corrected chi connectivity index (χ4v) is 1.63. The van der Waals surface area contributed by atoms with Crippen molar-refractivity contribution in [1.29, 1.82) is 0 Å². The highest BCUT2D eigenvalue weighted by Gasteiger charge is 2.11. The van der Waals surface area contributed by atoms with Gasteiger partial charge in [-0.15, -0.1) is 0 Å². The summed E-state index contributed by atoms with van der Waals surface area (Å²) < 4.78 is 28.1. The molecular formula is C20H45Cl2O13P. The van der Waals surface area contributed by atoms with E-state index in [-0.39, 0.29) is 42.6 Å². The Balaban J connectivity index is -0.000000190. The maximum absolute atomic E-state index is 9.85. The standard InChI is InChI=1S/3C6H14O3.C2H3Cl2O4P/c3*1-5(8)4-9-6(2)3-7;3-2(4)1-8-9(5,6)7/h3*5-8H,3-4H2,1-2H3;1H,(H2,5,6,7). The summed E-state index contributed by atoms with van der Waals surface area (Å²) in [6, 6.07) is 0. The SMILES string of the molecule is CC(O)COC(C)CO.CC(O)COC(C)CO.CC(O)COC(C)CO.O=P(O)(O)OC=C(Cl)Cl. The maximum Gasteiger partial charge on any atom is 0.524 e. The zero-order chi connectivity index (χ0) is 29.3. The maximum atomic E-state index is 9.85. The van der Waals surface area contributed by atoms with Crippen LogP contribution in [-0.4, -0.2) is 117 Å². The smallest absolute Gasteiger partial charge is 0.410 e. The largest absolute Gasteiger partial charge is 0.524 e. The molecule has 0 heterocycles. The molecule has 0 aliphatic carbocycles. The highest BCUT2D eigenvalue weighted by molar-refractivity contribution is 7.46. The van der Waals surface area contributed by atoms with Gasteiger partial charge in [0.15, 0.2) is 0 Å². The molecule has 0 aromatic carbocycles. The van der Waals surface area contributed by atoms with Gasteiger partial charge in [0.2, 0.25) is 0 Å². The Morgan fingerprint density at radius 2 is 0.944 bits per heavy atom. The summed E-state index contributed by atoms with van der Waals surface area (Å²) in [5.74, 6) is 0. The zero-order valence-corrected chi connectivity index (χ0v) is 24.0. The van der Waals surface area contributed by atoms with Crippen molar-refractivity contribution >= 4 is 31.0 Å². The van der Waals surface area contributed by atoms with Crippen molar-refractivity contribution in [2.24, 2.45) is 0 Å². The zero-order valence-electron chi connectivity index (χ0n) is 21.6. The van der Waals surface area contributed by atoms with Crippen LogP contribution in [0.4, 0.5) is 0 Å². The van der Waals surface area contributed by atoms with Gasteiger partial charge in [-0.25, -0.2) is 4.57 Å². The van der Waals surface area contributed by atoms with E-state index in [4.69, 9.17) is 77.8 Å². The minimum absolute atomic E-state index is 0.00667. The van der Waals surface area contributed by atoms with Crippen LogP contribution in [-0.2, 0) is 23.3 Å². The van der Waals surface area contributed by atoms with Crippen LogP contribution in [0.15, 0.2) is 10.8 Å². The van der Waals surface area contributed by atoms with Gasteiger partial charge in [-0.05, 0) is 41.5 Å². The Hall–Kier alpha value is -0.0900. The number of halogens is 2. The molecule has 36 heavy (non-hydrogen) atoms. The van der Waals surface area contributed by atoms with E-state index in [0.717, 1.165) is 0 Å². The first-order chi connectivity index (χ1) is 16.4. The number of hydrogen-bond acceptors (Lipinski definition) is 11. The first-order valence-corrected chi connectivity index (χ1v) is 13.2. The summed E-state index contributed by atoms with van der Waals surface area (Å²) in [4.78, 5) is 16.0. The molecule has 6 atom stereocenters. The van der Waals surface area contributed by atoms with Gasteiger partial charge < -0.3 is 49.4 Å². The van der Waals surface area contributed by atoms with Gasteiger partial charge in [-0.2, -0.15) is 0 Å². The van der Waals surface area contributed by atoms with Crippen molar-refractivity contribution in [2.45, 2.75) is 78.2 Å². The number of aliphatic hydroxyl groups excluding tert-OH is 6. The van der Waals surface area contributed by atoms with Gasteiger partial charge in [0.25, 0.3) is 0 Å². The molecule has 0 radical (unpaired) electrons. The third kappa shape index (κ3) is 50.7. The molecule has 0 saturated carbocycles. The molecule has 0 spiro atoms. The monoisotopic (exact) mass is 594 g/mol. The molecule has 0 amide bonds. The lowest BCUT2D eigenvalue weighted by Gasteiger charge is -2.10. The second-order valence-electron chi connectivity index (χ2n) is 7.53. The molecule has 0 aromatic rings. The summed E-state index contributed by atoms with van der Waals surface area (Å²) in [7, 11) is -4.46. The van der Waals surface area contributed by atoms with Crippen LogP contribution >= 0.6 is 31.0 Å². The molecule has 0 fully saturated rings. The minimum Gasteiger partial charge on any atom is -0.410 e. The Morgan fingerprint density at radius 1 is 0.694 bits per heavy atom. The Morgan fingerprint density at radius 3 is 1.06 bits per heavy atom. The molecule has 0 rings (SSSR count). The van der Waals surface area contributed by atoms with E-state index in [1.54, 1.807) is 41.5 Å². The summed E-state index contributed by atoms with van der Waals surface area (Å²) in [6.07, 6.45) is -1.28. The number of phosphoric acid groups is 1. The third-order valence-electron chi connectivity index (χ3n) is 2.92. The number of hydrogen-bond donors (Lipinski definition) is 8. The fraction of sp³-hybridized carbons (Fsp3) is 0.900. The molecule has 0 bridgehead atoms. The van der Waals surface area contributed by atoms with Crippen LogP contribution in [0.2, 0.25) is 0 Å². The fourth-order valence-electron chi connectivity index (χ4n) is 1.18. The van der Waals surface area contributed by atoms with Crippen LogP contribution in [0.1, 0.15) is 41.5 Å². The molecule has 13 nitrogen and oxygen atoms in total. The molecule has 0 aliphatic rings. The molecule has 0 aliphatic heterocycles.